The van der Waals surface area contributed by atoms with Gasteiger partial charge >= 0.3 is 24.1 Å². The summed E-state index contributed by atoms with van der Waals surface area (Å²) in [4.78, 5) is 48.3. The Balaban J connectivity index is 0.000000145. The van der Waals surface area contributed by atoms with Crippen molar-refractivity contribution < 1.29 is 35.4 Å². The van der Waals surface area contributed by atoms with Gasteiger partial charge in [0.1, 0.15) is 28.4 Å². The van der Waals surface area contributed by atoms with E-state index in [1.807, 2.05) is 35.4 Å². The van der Waals surface area contributed by atoms with Crippen LogP contribution >= 0.6 is 50.2 Å². The van der Waals surface area contributed by atoms with E-state index in [0.29, 0.717) is 44.3 Å². The third-order valence-corrected chi connectivity index (χ3v) is 14.8. The number of anilines is 5. The molecule has 420 valence electrons. The standard InChI is InChI=1S/C20H15F3N6OS.C12H12N4.C8H4BrF3N2OS.C8H10N2.C4H3ClN2.CH4/c21-20(22,23)19-27-18(28-30-19)15-4-3-14(31-15)11-29(17-10-24-7-8-26-17)16-9-13(5-6-25-16)12-1-2-12;1-2-9(1)10-3-4-14-11(7-10)16-12-8-13-5-6-15-12;9-3-4-1-2-5(16-4)6-13-7(15-14-6)8(10,11)12;9-8-5-7(3-4-10-8)6-1-2-6;5-4-3-6-1-2-7-4;/h3-10,12H,1-2,11H2;3-9H,1-2H2,(H,14,15,16);1-2H,3H2;3-6H,1-2H2,(H2,9,10);1-3H;1H4. The van der Waals surface area contributed by atoms with Crippen LogP contribution in [-0.2, 0) is 24.2 Å². The van der Waals surface area contributed by atoms with Crippen molar-refractivity contribution in [2.45, 2.75) is 87.9 Å². The highest BCUT2D eigenvalue weighted by molar-refractivity contribution is 9.08. The molecule has 3 N–H and O–H groups in total. The van der Waals surface area contributed by atoms with Crippen LogP contribution in [0.25, 0.3) is 21.4 Å². The van der Waals surface area contributed by atoms with Gasteiger partial charge in [-0.2, -0.15) is 36.3 Å². The number of hydrogen-bond acceptors (Lipinski definition) is 20. The molecule has 0 aliphatic heterocycles. The average Bonchev–Trinajstić information content (AvgIpc) is 4.57. The molecule has 10 aromatic heterocycles. The van der Waals surface area contributed by atoms with Crippen molar-refractivity contribution >= 4 is 79.3 Å². The van der Waals surface area contributed by atoms with Crippen molar-refractivity contribution in [2.24, 2.45) is 0 Å². The van der Waals surface area contributed by atoms with Crippen LogP contribution in [0.4, 0.5) is 55.4 Å². The van der Waals surface area contributed by atoms with E-state index in [2.05, 4.69) is 114 Å². The SMILES string of the molecule is C.Clc1cnccn1.FC(F)(F)c1nc(-c2ccc(CBr)s2)no1.FC(F)(F)c1nc(-c2ccc(CN(c3cnccn3)c3cc(C4CC4)ccn3)s2)no1.Nc1cc(C2CC2)ccn1.c1cnc(Nc2cc(C3CC3)ccn2)cn1. The fourth-order valence-electron chi connectivity index (χ4n) is 7.25. The lowest BCUT2D eigenvalue weighted by Gasteiger charge is -2.22. The Morgan fingerprint density at radius 1 is 0.568 bits per heavy atom. The number of aromatic nitrogens is 13. The lowest BCUT2D eigenvalue weighted by Crippen LogP contribution is -2.18. The van der Waals surface area contributed by atoms with E-state index >= 15 is 0 Å². The quantitative estimate of drug-likeness (QED) is 0.0854. The highest BCUT2D eigenvalue weighted by Gasteiger charge is 2.39. The monoisotopic (exact) mass is 1230 g/mol. The first-order chi connectivity index (χ1) is 38.6. The summed E-state index contributed by atoms with van der Waals surface area (Å²) >= 11 is 11.2. The molecule has 3 saturated carbocycles. The molecule has 81 heavy (non-hydrogen) atoms. The molecule has 3 aliphatic rings. The number of hydrogen-bond donors (Lipinski definition) is 2. The number of alkyl halides is 7. The molecule has 10 heterocycles. The smallest absolute Gasteiger partial charge is 0.384 e. The van der Waals surface area contributed by atoms with Crippen LogP contribution in [0, 0.1) is 0 Å². The zero-order chi connectivity index (χ0) is 56.1. The van der Waals surface area contributed by atoms with E-state index in [1.54, 1.807) is 80.2 Å². The number of nitrogen functional groups attached to an aromatic ring is 1. The van der Waals surface area contributed by atoms with Crippen LogP contribution in [0.1, 0.15) is 102 Å². The van der Waals surface area contributed by atoms with E-state index in [4.69, 9.17) is 17.3 Å². The van der Waals surface area contributed by atoms with E-state index in [9.17, 15) is 26.3 Å². The fraction of sp³-hybridized carbons (Fsp3) is 0.264. The average molecular weight is 1230 g/mol. The number of nitrogens with one attached hydrogen (secondary N) is 1. The van der Waals surface area contributed by atoms with Gasteiger partial charge in [-0.1, -0.05) is 45.3 Å². The molecule has 0 saturated heterocycles. The zero-order valence-electron chi connectivity index (χ0n) is 41.6. The maximum atomic E-state index is 12.7. The summed E-state index contributed by atoms with van der Waals surface area (Å²) in [6, 6.07) is 19.2. The maximum absolute atomic E-state index is 12.7. The largest absolute Gasteiger partial charge is 0.471 e. The van der Waals surface area contributed by atoms with Gasteiger partial charge < -0.3 is 25.0 Å². The molecule has 3 aliphatic carbocycles. The zero-order valence-corrected chi connectivity index (χ0v) is 45.6. The number of thiophene rings is 2. The molecule has 0 bridgehead atoms. The highest BCUT2D eigenvalue weighted by atomic mass is 79.9. The second-order valence-corrected chi connectivity index (χ2v) is 20.9. The van der Waals surface area contributed by atoms with Gasteiger partial charge in [0.05, 0.1) is 34.9 Å². The van der Waals surface area contributed by atoms with Crippen molar-refractivity contribution in [1.29, 1.82) is 0 Å². The van der Waals surface area contributed by atoms with Crippen molar-refractivity contribution in [3.8, 4) is 21.4 Å². The summed E-state index contributed by atoms with van der Waals surface area (Å²) in [5, 5.41) is 11.0. The van der Waals surface area contributed by atoms with Gasteiger partial charge in [0, 0.05) is 70.9 Å². The Hall–Kier alpha value is -7.88. The molecule has 0 atom stereocenters. The minimum atomic E-state index is -4.67. The number of nitrogens with two attached hydrogens (primary N) is 1. The number of nitrogens with zero attached hydrogens (tertiary/aromatic N) is 14. The van der Waals surface area contributed by atoms with Gasteiger partial charge in [0.15, 0.2) is 5.82 Å². The molecule has 18 nitrogen and oxygen atoms in total. The number of halogens is 8. The lowest BCUT2D eigenvalue weighted by molar-refractivity contribution is -0.160. The van der Waals surface area contributed by atoms with Crippen molar-refractivity contribution in [3.05, 3.63) is 178 Å². The van der Waals surface area contributed by atoms with Crippen LogP contribution in [0.2, 0.25) is 5.15 Å². The van der Waals surface area contributed by atoms with Gasteiger partial charge in [0.25, 0.3) is 0 Å². The second-order valence-electron chi connectivity index (χ2n) is 17.7. The van der Waals surface area contributed by atoms with Crippen molar-refractivity contribution in [2.75, 3.05) is 16.0 Å². The minimum absolute atomic E-state index is 0. The molecule has 3 fully saturated rings. The van der Waals surface area contributed by atoms with Crippen molar-refractivity contribution in [3.63, 3.8) is 0 Å². The Morgan fingerprint density at radius 2 is 1.06 bits per heavy atom. The molecule has 13 rings (SSSR count). The predicted octanol–water partition coefficient (Wildman–Crippen LogP) is 14.7. The third-order valence-electron chi connectivity index (χ3n) is 11.5. The number of pyridine rings is 3. The van der Waals surface area contributed by atoms with Gasteiger partial charge in [-0.05, 0) is 134 Å². The Labute approximate surface area is 481 Å². The van der Waals surface area contributed by atoms with E-state index in [1.165, 1.54) is 84.1 Å². The van der Waals surface area contributed by atoms with Crippen LogP contribution in [0.5, 0.6) is 0 Å². The summed E-state index contributed by atoms with van der Waals surface area (Å²) < 4.78 is 83.3. The van der Waals surface area contributed by atoms with E-state index in [0.717, 1.165) is 39.0 Å². The van der Waals surface area contributed by atoms with E-state index in [-0.39, 0.29) is 19.1 Å². The summed E-state index contributed by atoms with van der Waals surface area (Å²) in [5.74, 6) is 2.84. The molecular weight excluding hydrogens is 1190 g/mol. The molecule has 0 aromatic carbocycles. The second kappa shape index (κ2) is 27.5. The molecule has 0 amide bonds. The van der Waals surface area contributed by atoms with Gasteiger partial charge in [-0.15, -0.1) is 22.7 Å². The first kappa shape index (κ1) is 59.2. The normalized spacial score (nSPS) is 13.5. The summed E-state index contributed by atoms with van der Waals surface area (Å²) in [7, 11) is 0. The van der Waals surface area contributed by atoms with Crippen molar-refractivity contribution in [1.82, 2.24) is 65.1 Å². The summed E-state index contributed by atoms with van der Waals surface area (Å²) in [5.41, 5.74) is 9.46. The molecule has 10 aromatic rings. The third kappa shape index (κ3) is 17.8. The molecule has 0 unspecified atom stereocenters. The Kier molecular flexibility index (Phi) is 20.1. The molecule has 28 heteroatoms. The van der Waals surface area contributed by atoms with Gasteiger partial charge in [-0.25, -0.2) is 29.9 Å². The number of rotatable bonds is 12. The fourth-order valence-corrected chi connectivity index (χ4v) is 9.60. The van der Waals surface area contributed by atoms with Gasteiger partial charge in [-0.3, -0.25) is 15.0 Å². The highest BCUT2D eigenvalue weighted by Crippen LogP contribution is 2.43. The van der Waals surface area contributed by atoms with Crippen LogP contribution in [0.3, 0.4) is 0 Å². The molecular formula is C53H48BrClF6N16O2S2. The topological polar surface area (TPSA) is 235 Å². The predicted molar refractivity (Wildman–Crippen MR) is 298 cm³/mol. The minimum Gasteiger partial charge on any atom is -0.384 e. The lowest BCUT2D eigenvalue weighted by atomic mass is 10.1. The summed E-state index contributed by atoms with van der Waals surface area (Å²) in [6.45, 7) is 0.411. The summed E-state index contributed by atoms with van der Waals surface area (Å²) in [6.07, 6.45) is 18.2. The van der Waals surface area contributed by atoms with E-state index < -0.39 is 24.1 Å². The Bertz CT molecular complexity index is 3530. The van der Waals surface area contributed by atoms with Crippen LogP contribution in [0.15, 0.2) is 144 Å². The first-order valence-electron chi connectivity index (χ1n) is 24.3. The first-order valence-corrected chi connectivity index (χ1v) is 27.5. The Morgan fingerprint density at radius 3 is 1.53 bits per heavy atom. The maximum Gasteiger partial charge on any atom is 0.471 e. The van der Waals surface area contributed by atoms with Crippen LogP contribution in [-0.4, -0.2) is 65.1 Å². The van der Waals surface area contributed by atoms with Gasteiger partial charge in [0.2, 0.25) is 11.6 Å². The van der Waals surface area contributed by atoms with Crippen LogP contribution < -0.4 is 16.0 Å². The molecule has 0 radical (unpaired) electrons. The molecule has 0 spiro atoms.